The molecule has 0 amide bonds. The molecule has 0 N–H and O–H groups in total. The first-order valence-electron chi connectivity index (χ1n) is 9.17. The van der Waals surface area contributed by atoms with Crippen molar-refractivity contribution in [3.63, 3.8) is 0 Å². The first-order chi connectivity index (χ1) is 10.9. The van der Waals surface area contributed by atoms with E-state index in [2.05, 4.69) is 47.7 Å². The summed E-state index contributed by atoms with van der Waals surface area (Å²) in [6, 6.07) is 0. The number of hydrogen-bond donors (Lipinski definition) is 0. The van der Waals surface area contributed by atoms with Crippen LogP contribution in [0.3, 0.4) is 0 Å². The SMILES string of the molecule is COC(=O)[C@H]1[C@H](C(C)C)[C@@H]2CC[C@@]1(O[Si](C)(C)C(C)(C)C)CC2=O. The zero-order chi connectivity index (χ0) is 18.5. The lowest BCUT2D eigenvalue weighted by molar-refractivity contribution is -0.184. The van der Waals surface area contributed by atoms with Crippen LogP contribution in [0.5, 0.6) is 0 Å². The van der Waals surface area contributed by atoms with Crippen LogP contribution >= 0.6 is 0 Å². The minimum atomic E-state index is -2.12. The molecule has 0 unspecified atom stereocenters. The predicted molar refractivity (Wildman–Crippen MR) is 97.2 cm³/mol. The van der Waals surface area contributed by atoms with Gasteiger partial charge in [-0.25, -0.2) is 0 Å². The van der Waals surface area contributed by atoms with Crippen LogP contribution < -0.4 is 0 Å². The number of Topliss-reactive ketones (excluding diaryl/α,β-unsaturated/α-hetero) is 1. The zero-order valence-corrected chi connectivity index (χ0v) is 17.6. The Hall–Kier alpha value is -0.683. The van der Waals surface area contributed by atoms with E-state index < -0.39 is 13.9 Å². The van der Waals surface area contributed by atoms with Crippen molar-refractivity contribution < 1.29 is 18.8 Å². The molecule has 0 aromatic rings. The van der Waals surface area contributed by atoms with Gasteiger partial charge in [0.25, 0.3) is 0 Å². The van der Waals surface area contributed by atoms with Crippen LogP contribution in [0.1, 0.15) is 53.9 Å². The third-order valence-corrected chi connectivity index (χ3v) is 11.2. The van der Waals surface area contributed by atoms with E-state index in [1.165, 1.54) is 7.11 Å². The zero-order valence-electron chi connectivity index (χ0n) is 16.6. The van der Waals surface area contributed by atoms with Gasteiger partial charge in [0.05, 0.1) is 18.6 Å². The molecule has 5 heteroatoms. The van der Waals surface area contributed by atoms with Crippen LogP contribution in [0.25, 0.3) is 0 Å². The van der Waals surface area contributed by atoms with Gasteiger partial charge in [-0.1, -0.05) is 34.6 Å². The van der Waals surface area contributed by atoms with Gasteiger partial charge in [0, 0.05) is 12.3 Å². The van der Waals surface area contributed by atoms with Crippen LogP contribution in [0.15, 0.2) is 0 Å². The summed E-state index contributed by atoms with van der Waals surface area (Å²) >= 11 is 0. The highest BCUT2D eigenvalue weighted by Crippen LogP contribution is 2.56. The Morgan fingerprint density at radius 2 is 1.88 bits per heavy atom. The van der Waals surface area contributed by atoms with E-state index in [-0.39, 0.29) is 40.5 Å². The molecule has 3 saturated carbocycles. The van der Waals surface area contributed by atoms with Gasteiger partial charge in [0.2, 0.25) is 0 Å². The van der Waals surface area contributed by atoms with Crippen LogP contribution in [-0.4, -0.2) is 32.8 Å². The Kier molecular flexibility index (Phi) is 5.11. The molecule has 0 aromatic carbocycles. The molecular formula is C19H34O4Si. The number of hydrogen-bond acceptors (Lipinski definition) is 4. The van der Waals surface area contributed by atoms with E-state index >= 15 is 0 Å². The molecule has 0 spiro atoms. The van der Waals surface area contributed by atoms with E-state index in [1.54, 1.807) is 0 Å². The van der Waals surface area contributed by atoms with Crippen molar-refractivity contribution in [3.05, 3.63) is 0 Å². The third-order valence-electron chi connectivity index (χ3n) is 6.67. The fourth-order valence-corrected chi connectivity index (χ4v) is 6.11. The second-order valence-corrected chi connectivity index (χ2v) is 14.3. The van der Waals surface area contributed by atoms with E-state index in [9.17, 15) is 9.59 Å². The molecular weight excluding hydrogens is 320 g/mol. The van der Waals surface area contributed by atoms with Crippen molar-refractivity contribution in [1.82, 2.24) is 0 Å². The first-order valence-corrected chi connectivity index (χ1v) is 12.1. The molecule has 0 radical (unpaired) electrons. The van der Waals surface area contributed by atoms with Crippen molar-refractivity contribution in [3.8, 4) is 0 Å². The van der Waals surface area contributed by atoms with Crippen LogP contribution in [0, 0.1) is 23.7 Å². The topological polar surface area (TPSA) is 52.6 Å². The van der Waals surface area contributed by atoms with E-state index in [4.69, 9.17) is 9.16 Å². The molecule has 0 aromatic heterocycles. The predicted octanol–water partition coefficient (Wildman–Crippen LogP) is 4.19. The highest BCUT2D eigenvalue weighted by Gasteiger charge is 2.63. The minimum absolute atomic E-state index is 0.0148. The molecule has 3 aliphatic carbocycles. The Morgan fingerprint density at radius 1 is 1.29 bits per heavy atom. The van der Waals surface area contributed by atoms with Gasteiger partial charge < -0.3 is 9.16 Å². The fourth-order valence-electron chi connectivity index (χ4n) is 4.49. The summed E-state index contributed by atoms with van der Waals surface area (Å²) in [4.78, 5) is 25.5. The van der Waals surface area contributed by atoms with Gasteiger partial charge in [-0.3, -0.25) is 9.59 Å². The number of fused-ring (bicyclic) bond motifs is 3. The Morgan fingerprint density at radius 3 is 2.29 bits per heavy atom. The standard InChI is InChI=1S/C19H34O4Si/c1-12(2)15-13-9-10-19(11-14(13)20,16(15)17(21)22-6)23-24(7,8)18(3,4)5/h12-13,15-16H,9-11H2,1-8H3/t13-,15-,16-,19-/m1/s1. The number of carbonyl (C=O) groups excluding carboxylic acids is 2. The second-order valence-electron chi connectivity index (χ2n) is 9.54. The van der Waals surface area contributed by atoms with Gasteiger partial charge in [0.1, 0.15) is 5.78 Å². The van der Waals surface area contributed by atoms with Gasteiger partial charge in [-0.2, -0.15) is 0 Å². The quantitative estimate of drug-likeness (QED) is 0.561. The number of carbonyl (C=O) groups is 2. The molecule has 24 heavy (non-hydrogen) atoms. The summed E-state index contributed by atoms with van der Waals surface area (Å²) in [5, 5.41) is 0.0348. The minimum Gasteiger partial charge on any atom is -0.469 e. The first kappa shape index (κ1) is 19.6. The Balaban J connectivity index is 2.50. The maximum atomic E-state index is 12.8. The Labute approximate surface area is 147 Å². The molecule has 4 atom stereocenters. The summed E-state index contributed by atoms with van der Waals surface area (Å²) in [6.45, 7) is 15.2. The lowest BCUT2D eigenvalue weighted by Gasteiger charge is -2.58. The molecule has 138 valence electrons. The lowest BCUT2D eigenvalue weighted by atomic mass is 9.53. The van der Waals surface area contributed by atoms with Gasteiger partial charge in [-0.05, 0) is 42.8 Å². The monoisotopic (exact) mass is 354 g/mol. The molecule has 3 fully saturated rings. The maximum absolute atomic E-state index is 12.8. The molecule has 3 aliphatic rings. The summed E-state index contributed by atoms with van der Waals surface area (Å²) < 4.78 is 12.0. The van der Waals surface area contributed by atoms with Crippen molar-refractivity contribution >= 4 is 20.1 Å². The van der Waals surface area contributed by atoms with Gasteiger partial charge in [0.15, 0.2) is 8.32 Å². The largest absolute Gasteiger partial charge is 0.469 e. The summed E-state index contributed by atoms with van der Waals surface area (Å²) in [7, 11) is -0.667. The van der Waals surface area contributed by atoms with E-state index in [0.29, 0.717) is 6.42 Å². The van der Waals surface area contributed by atoms with Crippen molar-refractivity contribution in [2.75, 3.05) is 7.11 Å². The summed E-state index contributed by atoms with van der Waals surface area (Å²) in [5.74, 6) is 0.0127. The molecule has 0 aliphatic heterocycles. The number of ether oxygens (including phenoxy) is 1. The number of esters is 1. The van der Waals surface area contributed by atoms with E-state index in [1.807, 2.05) is 0 Å². The van der Waals surface area contributed by atoms with Crippen molar-refractivity contribution in [1.29, 1.82) is 0 Å². The molecule has 0 heterocycles. The van der Waals surface area contributed by atoms with Crippen molar-refractivity contribution in [2.24, 2.45) is 23.7 Å². The van der Waals surface area contributed by atoms with Crippen LogP contribution in [0.4, 0.5) is 0 Å². The smallest absolute Gasteiger partial charge is 0.311 e. The number of methoxy groups -OCH3 is 1. The number of rotatable bonds is 4. The normalized spacial score (nSPS) is 33.9. The van der Waals surface area contributed by atoms with Crippen LogP contribution in [-0.2, 0) is 18.8 Å². The molecule has 0 saturated heterocycles. The lowest BCUT2D eigenvalue weighted by Crippen LogP contribution is -2.65. The molecule has 3 rings (SSSR count). The van der Waals surface area contributed by atoms with Gasteiger partial charge >= 0.3 is 5.97 Å². The van der Waals surface area contributed by atoms with Crippen molar-refractivity contribution in [2.45, 2.75) is 77.6 Å². The Bertz CT molecular complexity index is 520. The molecule has 4 nitrogen and oxygen atoms in total. The fraction of sp³-hybridized carbons (Fsp3) is 0.895. The highest BCUT2D eigenvalue weighted by atomic mass is 28.4. The van der Waals surface area contributed by atoms with E-state index in [0.717, 1.165) is 12.8 Å². The summed E-state index contributed by atoms with van der Waals surface area (Å²) in [5.41, 5.74) is -0.670. The summed E-state index contributed by atoms with van der Waals surface area (Å²) in [6.07, 6.45) is 2.00. The maximum Gasteiger partial charge on any atom is 0.311 e. The van der Waals surface area contributed by atoms with Gasteiger partial charge in [-0.15, -0.1) is 0 Å². The number of ketones is 1. The van der Waals surface area contributed by atoms with Crippen LogP contribution in [0.2, 0.25) is 18.1 Å². The molecule has 2 bridgehead atoms. The third kappa shape index (κ3) is 3.10. The second kappa shape index (κ2) is 6.24. The average molecular weight is 355 g/mol. The average Bonchev–Trinajstić information content (AvgIpc) is 2.43. The highest BCUT2D eigenvalue weighted by molar-refractivity contribution is 6.74.